The van der Waals surface area contributed by atoms with Gasteiger partial charge >= 0.3 is 6.03 Å². The van der Waals surface area contributed by atoms with E-state index in [1.807, 2.05) is 25.2 Å². The Kier molecular flexibility index (Phi) is 5.43. The average Bonchev–Trinajstić information content (AvgIpc) is 3.18. The van der Waals surface area contributed by atoms with Crippen LogP contribution in [0.1, 0.15) is 53.2 Å². The predicted octanol–water partition coefficient (Wildman–Crippen LogP) is 3.93. The molecule has 3 N–H and O–H groups in total. The number of amides is 3. The van der Waals surface area contributed by atoms with Crippen molar-refractivity contribution in [3.63, 3.8) is 0 Å². The standard InChI is InChI=1S/C23H28N4O2/c1-26(20-11-9-16-7-3-4-8-18(16)20)23(29)25-19-15-17(22(24)28)10-12-21(19)27-13-5-2-6-14-27/h3-4,7-8,10,12,15,20H,2,5-6,9,11,13-14H2,1H3,(H2,24,28)(H,25,29)/t20-/m1/s1. The first kappa shape index (κ1) is 19.3. The highest BCUT2D eigenvalue weighted by Gasteiger charge is 2.29. The molecule has 0 saturated carbocycles. The number of carbonyl (C=O) groups excluding carboxylic acids is 2. The van der Waals surface area contributed by atoms with Crippen LogP contribution in [-0.4, -0.2) is 37.0 Å². The average molecular weight is 393 g/mol. The van der Waals surface area contributed by atoms with Crippen molar-refractivity contribution in [2.75, 3.05) is 30.4 Å². The lowest BCUT2D eigenvalue weighted by Gasteiger charge is -2.32. The minimum atomic E-state index is -0.497. The largest absolute Gasteiger partial charge is 0.370 e. The fraction of sp³-hybridized carbons (Fsp3) is 0.391. The first-order valence-electron chi connectivity index (χ1n) is 10.3. The van der Waals surface area contributed by atoms with Gasteiger partial charge in [0, 0.05) is 25.7 Å². The molecule has 2 aromatic rings. The third-order valence-corrected chi connectivity index (χ3v) is 6.11. The Labute approximate surface area is 171 Å². The van der Waals surface area contributed by atoms with E-state index in [0.717, 1.165) is 44.5 Å². The highest BCUT2D eigenvalue weighted by atomic mass is 16.2. The second-order valence-electron chi connectivity index (χ2n) is 7.94. The zero-order valence-electron chi connectivity index (χ0n) is 16.9. The summed E-state index contributed by atoms with van der Waals surface area (Å²) < 4.78 is 0. The van der Waals surface area contributed by atoms with Crippen molar-refractivity contribution in [1.82, 2.24) is 4.90 Å². The summed E-state index contributed by atoms with van der Waals surface area (Å²) in [6, 6.07) is 13.5. The Morgan fingerprint density at radius 2 is 1.86 bits per heavy atom. The summed E-state index contributed by atoms with van der Waals surface area (Å²) in [6.45, 7) is 1.90. The smallest absolute Gasteiger partial charge is 0.322 e. The number of anilines is 2. The maximum absolute atomic E-state index is 13.1. The zero-order valence-corrected chi connectivity index (χ0v) is 16.9. The number of rotatable bonds is 4. The van der Waals surface area contributed by atoms with Gasteiger partial charge in [0.1, 0.15) is 0 Å². The van der Waals surface area contributed by atoms with Crippen molar-refractivity contribution in [3.05, 3.63) is 59.2 Å². The number of hydrogen-bond donors (Lipinski definition) is 2. The van der Waals surface area contributed by atoms with Crippen LogP contribution >= 0.6 is 0 Å². The second-order valence-corrected chi connectivity index (χ2v) is 7.94. The normalized spacial score (nSPS) is 18.2. The molecule has 2 aromatic carbocycles. The van der Waals surface area contributed by atoms with Crippen LogP contribution in [0.3, 0.4) is 0 Å². The molecule has 2 aliphatic rings. The highest BCUT2D eigenvalue weighted by molar-refractivity contribution is 5.99. The molecule has 6 nitrogen and oxygen atoms in total. The number of benzene rings is 2. The Bertz CT molecular complexity index is 921. The van der Waals surface area contributed by atoms with Crippen LogP contribution in [0.15, 0.2) is 42.5 Å². The van der Waals surface area contributed by atoms with E-state index >= 15 is 0 Å². The van der Waals surface area contributed by atoms with Crippen molar-refractivity contribution in [1.29, 1.82) is 0 Å². The number of piperidine rings is 1. The quantitative estimate of drug-likeness (QED) is 0.828. The Morgan fingerprint density at radius 3 is 2.62 bits per heavy atom. The number of nitrogens with two attached hydrogens (primary N) is 1. The van der Waals surface area contributed by atoms with Gasteiger partial charge < -0.3 is 20.9 Å². The van der Waals surface area contributed by atoms with Crippen LogP contribution in [0, 0.1) is 0 Å². The van der Waals surface area contributed by atoms with E-state index < -0.39 is 5.91 Å². The zero-order chi connectivity index (χ0) is 20.4. The number of nitrogens with one attached hydrogen (secondary N) is 1. The van der Waals surface area contributed by atoms with Gasteiger partial charge in [-0.2, -0.15) is 0 Å². The molecule has 0 spiro atoms. The minimum Gasteiger partial charge on any atom is -0.370 e. The second kappa shape index (κ2) is 8.15. The molecule has 0 aromatic heterocycles. The van der Waals surface area contributed by atoms with E-state index in [1.54, 1.807) is 17.0 Å². The van der Waals surface area contributed by atoms with Crippen molar-refractivity contribution >= 4 is 23.3 Å². The monoisotopic (exact) mass is 392 g/mol. The SMILES string of the molecule is CN(C(=O)Nc1cc(C(N)=O)ccc1N1CCCCC1)[C@@H]1CCc2ccccc21. The lowest BCUT2D eigenvalue weighted by Crippen LogP contribution is -2.35. The van der Waals surface area contributed by atoms with Crippen LogP contribution in [0.4, 0.5) is 16.2 Å². The van der Waals surface area contributed by atoms with Crippen LogP contribution in [0.2, 0.25) is 0 Å². The minimum absolute atomic E-state index is 0.0592. The molecular weight excluding hydrogens is 364 g/mol. The molecule has 1 aliphatic carbocycles. The first-order chi connectivity index (χ1) is 14.0. The molecule has 1 aliphatic heterocycles. The number of urea groups is 1. The van der Waals surface area contributed by atoms with Gasteiger partial charge in [-0.15, -0.1) is 0 Å². The lowest BCUT2D eigenvalue weighted by molar-refractivity contribution is 0.1000. The first-order valence-corrected chi connectivity index (χ1v) is 10.3. The van der Waals surface area contributed by atoms with E-state index in [-0.39, 0.29) is 12.1 Å². The third kappa shape index (κ3) is 3.92. The van der Waals surface area contributed by atoms with Gasteiger partial charge in [0.15, 0.2) is 0 Å². The molecule has 4 rings (SSSR count). The molecule has 152 valence electrons. The highest BCUT2D eigenvalue weighted by Crippen LogP contribution is 2.36. The van der Waals surface area contributed by atoms with Crippen LogP contribution < -0.4 is 16.0 Å². The fourth-order valence-corrected chi connectivity index (χ4v) is 4.48. The van der Waals surface area contributed by atoms with Gasteiger partial charge in [-0.3, -0.25) is 4.79 Å². The Hall–Kier alpha value is -3.02. The van der Waals surface area contributed by atoms with Gasteiger partial charge in [-0.25, -0.2) is 4.79 Å². The molecule has 1 atom stereocenters. The fourth-order valence-electron chi connectivity index (χ4n) is 4.48. The lowest BCUT2D eigenvalue weighted by atomic mass is 10.1. The van der Waals surface area contributed by atoms with E-state index in [9.17, 15) is 9.59 Å². The number of fused-ring (bicyclic) bond motifs is 1. The van der Waals surface area contributed by atoms with Gasteiger partial charge in [-0.05, 0) is 61.4 Å². The molecule has 0 bridgehead atoms. The third-order valence-electron chi connectivity index (χ3n) is 6.11. The Morgan fingerprint density at radius 1 is 1.10 bits per heavy atom. The summed E-state index contributed by atoms with van der Waals surface area (Å²) >= 11 is 0. The summed E-state index contributed by atoms with van der Waals surface area (Å²) in [5, 5.41) is 3.05. The van der Waals surface area contributed by atoms with Crippen LogP contribution in [0.25, 0.3) is 0 Å². The number of nitrogens with zero attached hydrogens (tertiary/aromatic N) is 2. The molecule has 1 saturated heterocycles. The molecule has 0 radical (unpaired) electrons. The van der Waals surface area contributed by atoms with Crippen LogP contribution in [0.5, 0.6) is 0 Å². The Balaban J connectivity index is 1.58. The molecule has 29 heavy (non-hydrogen) atoms. The van der Waals surface area contributed by atoms with Crippen molar-refractivity contribution < 1.29 is 9.59 Å². The summed E-state index contributed by atoms with van der Waals surface area (Å²) in [5.74, 6) is -0.497. The number of primary amides is 1. The van der Waals surface area contributed by atoms with Crippen molar-refractivity contribution in [2.24, 2.45) is 5.73 Å². The molecule has 3 amide bonds. The molecule has 0 unspecified atom stereocenters. The van der Waals surface area contributed by atoms with Crippen molar-refractivity contribution in [3.8, 4) is 0 Å². The van der Waals surface area contributed by atoms with Gasteiger partial charge in [0.05, 0.1) is 17.4 Å². The van der Waals surface area contributed by atoms with E-state index in [4.69, 9.17) is 5.73 Å². The van der Waals surface area contributed by atoms with Gasteiger partial charge in [0.2, 0.25) is 5.91 Å². The summed E-state index contributed by atoms with van der Waals surface area (Å²) in [7, 11) is 1.83. The van der Waals surface area contributed by atoms with E-state index in [0.29, 0.717) is 11.3 Å². The van der Waals surface area contributed by atoms with Crippen molar-refractivity contribution in [2.45, 2.75) is 38.1 Å². The maximum atomic E-state index is 13.1. The maximum Gasteiger partial charge on any atom is 0.322 e. The number of hydrogen-bond acceptors (Lipinski definition) is 3. The summed E-state index contributed by atoms with van der Waals surface area (Å²) in [6.07, 6.45) is 5.38. The molecule has 1 fully saturated rings. The summed E-state index contributed by atoms with van der Waals surface area (Å²) in [4.78, 5) is 28.8. The summed E-state index contributed by atoms with van der Waals surface area (Å²) in [5.41, 5.74) is 9.99. The predicted molar refractivity (Wildman–Crippen MR) is 115 cm³/mol. The van der Waals surface area contributed by atoms with Gasteiger partial charge in [0.25, 0.3) is 0 Å². The molecular formula is C23H28N4O2. The number of aryl methyl sites for hydroxylation is 1. The van der Waals surface area contributed by atoms with E-state index in [1.165, 1.54) is 17.5 Å². The van der Waals surface area contributed by atoms with Crippen LogP contribution in [-0.2, 0) is 6.42 Å². The topological polar surface area (TPSA) is 78.7 Å². The molecule has 1 heterocycles. The number of carbonyl (C=O) groups is 2. The molecule has 6 heteroatoms. The van der Waals surface area contributed by atoms with Gasteiger partial charge in [-0.1, -0.05) is 24.3 Å². The van der Waals surface area contributed by atoms with E-state index in [2.05, 4.69) is 22.3 Å².